The van der Waals surface area contributed by atoms with E-state index in [-0.39, 0.29) is 24.0 Å². The number of methoxy groups -OCH3 is 1. The van der Waals surface area contributed by atoms with Crippen molar-refractivity contribution in [3.8, 4) is 5.75 Å². The summed E-state index contributed by atoms with van der Waals surface area (Å²) in [4.78, 5) is 4.49. The molecule has 0 amide bonds. The van der Waals surface area contributed by atoms with Crippen molar-refractivity contribution in [2.45, 2.75) is 39.7 Å². The third-order valence-corrected chi connectivity index (χ3v) is 4.54. The van der Waals surface area contributed by atoms with Crippen LogP contribution in [0.1, 0.15) is 31.9 Å². The molecule has 1 rings (SSSR count). The Balaban J connectivity index is 0.00000676. The van der Waals surface area contributed by atoms with Gasteiger partial charge in [-0.05, 0) is 51.3 Å². The Morgan fingerprint density at radius 1 is 1.26 bits per heavy atom. The van der Waals surface area contributed by atoms with Crippen LogP contribution in [0.3, 0.4) is 0 Å². The quantitative estimate of drug-likeness (QED) is 0.268. The molecule has 0 heterocycles. The molecule has 0 fully saturated rings. The first kappa shape index (κ1) is 25.9. The van der Waals surface area contributed by atoms with Gasteiger partial charge in [0.15, 0.2) is 5.96 Å². The summed E-state index contributed by atoms with van der Waals surface area (Å²) >= 11 is 0. The van der Waals surface area contributed by atoms with Crippen molar-refractivity contribution in [2.24, 2.45) is 4.99 Å². The van der Waals surface area contributed by atoms with Gasteiger partial charge < -0.3 is 15.4 Å². The van der Waals surface area contributed by atoms with Gasteiger partial charge in [0.1, 0.15) is 5.75 Å². The molecule has 0 aliphatic heterocycles. The molecule has 0 saturated heterocycles. The largest absolute Gasteiger partial charge is 0.496 e. The van der Waals surface area contributed by atoms with Crippen LogP contribution in [0.25, 0.3) is 0 Å². The summed E-state index contributed by atoms with van der Waals surface area (Å²) in [6, 6.07) is 6.18. The second-order valence-corrected chi connectivity index (χ2v) is 8.68. The van der Waals surface area contributed by atoms with E-state index in [1.807, 2.05) is 26.0 Å². The molecule has 0 aromatic heterocycles. The standard InChI is InChI=1S/C18H32N4O3S.HI/c1-7-19-17(21-13-18(3,4)22-26(6,23)24)20-11-10-15-9-8-14(2)16(12-15)25-5;/h8-9,12,22H,7,10-11,13H2,1-6H3,(H2,19,20,21);1H. The summed E-state index contributed by atoms with van der Waals surface area (Å²) in [5.74, 6) is 1.55. The molecule has 1 aromatic carbocycles. The number of halogens is 1. The van der Waals surface area contributed by atoms with Crippen molar-refractivity contribution in [2.75, 3.05) is 33.0 Å². The van der Waals surface area contributed by atoms with Crippen molar-refractivity contribution in [3.63, 3.8) is 0 Å². The first-order valence-corrected chi connectivity index (χ1v) is 10.6. The number of aryl methyl sites for hydroxylation is 1. The van der Waals surface area contributed by atoms with Gasteiger partial charge in [0.25, 0.3) is 0 Å². The van der Waals surface area contributed by atoms with E-state index in [0.29, 0.717) is 19.0 Å². The molecule has 0 aliphatic rings. The molecule has 9 heteroatoms. The van der Waals surface area contributed by atoms with Gasteiger partial charge in [-0.3, -0.25) is 4.99 Å². The third-order valence-electron chi connectivity index (χ3n) is 3.62. The lowest BCUT2D eigenvalue weighted by atomic mass is 10.1. The number of nitrogens with zero attached hydrogens (tertiary/aromatic N) is 1. The topological polar surface area (TPSA) is 91.8 Å². The molecule has 0 spiro atoms. The highest BCUT2D eigenvalue weighted by Gasteiger charge is 2.21. The molecule has 156 valence electrons. The zero-order chi connectivity index (χ0) is 19.8. The summed E-state index contributed by atoms with van der Waals surface area (Å²) in [6.45, 7) is 9.38. The molecule has 0 unspecified atom stereocenters. The highest BCUT2D eigenvalue weighted by molar-refractivity contribution is 14.0. The molecule has 1 aromatic rings. The summed E-state index contributed by atoms with van der Waals surface area (Å²) in [5, 5.41) is 6.45. The second kappa shape index (κ2) is 11.7. The lowest BCUT2D eigenvalue weighted by Crippen LogP contribution is -2.47. The number of hydrogen-bond donors (Lipinski definition) is 3. The van der Waals surface area contributed by atoms with E-state index in [1.165, 1.54) is 5.56 Å². The lowest BCUT2D eigenvalue weighted by Gasteiger charge is -2.23. The van der Waals surface area contributed by atoms with E-state index in [9.17, 15) is 8.42 Å². The van der Waals surface area contributed by atoms with Gasteiger partial charge in [0.05, 0.1) is 19.9 Å². The smallest absolute Gasteiger partial charge is 0.209 e. The number of aliphatic imine (C=N–C) groups is 1. The van der Waals surface area contributed by atoms with E-state index in [2.05, 4.69) is 26.4 Å². The Hall–Kier alpha value is -1.07. The normalized spacial score (nSPS) is 12.3. The van der Waals surface area contributed by atoms with E-state index in [4.69, 9.17) is 4.74 Å². The Kier molecular flexibility index (Phi) is 11.2. The van der Waals surface area contributed by atoms with Crippen molar-refractivity contribution in [3.05, 3.63) is 29.3 Å². The number of ether oxygens (including phenoxy) is 1. The average Bonchev–Trinajstić information content (AvgIpc) is 2.52. The summed E-state index contributed by atoms with van der Waals surface area (Å²) in [7, 11) is -1.60. The third kappa shape index (κ3) is 10.7. The molecule has 0 bridgehead atoms. The van der Waals surface area contributed by atoms with E-state index in [0.717, 1.165) is 30.5 Å². The van der Waals surface area contributed by atoms with Crippen LogP contribution in [0, 0.1) is 6.92 Å². The zero-order valence-electron chi connectivity index (χ0n) is 17.0. The average molecular weight is 512 g/mol. The van der Waals surface area contributed by atoms with Gasteiger partial charge in [0.2, 0.25) is 10.0 Å². The molecule has 0 radical (unpaired) electrons. The fourth-order valence-corrected chi connectivity index (χ4v) is 3.57. The molecule has 7 nitrogen and oxygen atoms in total. The minimum atomic E-state index is -3.28. The van der Waals surface area contributed by atoms with E-state index in [1.54, 1.807) is 21.0 Å². The highest BCUT2D eigenvalue weighted by Crippen LogP contribution is 2.18. The molecule has 3 N–H and O–H groups in total. The Morgan fingerprint density at radius 3 is 2.48 bits per heavy atom. The Labute approximate surface area is 180 Å². The lowest BCUT2D eigenvalue weighted by molar-refractivity contribution is 0.411. The SMILES string of the molecule is CCNC(=NCC(C)(C)NS(C)(=O)=O)NCCc1ccc(C)c(OC)c1.I. The Morgan fingerprint density at radius 2 is 1.93 bits per heavy atom. The zero-order valence-corrected chi connectivity index (χ0v) is 20.2. The van der Waals surface area contributed by atoms with Crippen molar-refractivity contribution in [1.29, 1.82) is 0 Å². The molecule has 0 aliphatic carbocycles. The number of rotatable bonds is 9. The molecule has 27 heavy (non-hydrogen) atoms. The fourth-order valence-electron chi connectivity index (χ4n) is 2.50. The van der Waals surface area contributed by atoms with Crippen LogP contribution in [-0.2, 0) is 16.4 Å². The van der Waals surface area contributed by atoms with Gasteiger partial charge in [-0.1, -0.05) is 12.1 Å². The maximum atomic E-state index is 11.4. The van der Waals surface area contributed by atoms with Crippen LogP contribution in [0.4, 0.5) is 0 Å². The predicted octanol–water partition coefficient (Wildman–Crippen LogP) is 2.05. The summed E-state index contributed by atoms with van der Waals surface area (Å²) in [6.07, 6.45) is 1.98. The highest BCUT2D eigenvalue weighted by atomic mass is 127. The maximum Gasteiger partial charge on any atom is 0.209 e. The molecule has 0 atom stereocenters. The number of nitrogens with one attached hydrogen (secondary N) is 3. The Bertz CT molecular complexity index is 721. The molecular weight excluding hydrogens is 479 g/mol. The number of guanidine groups is 1. The first-order valence-electron chi connectivity index (χ1n) is 8.71. The van der Waals surface area contributed by atoms with Gasteiger partial charge in [0, 0.05) is 18.6 Å². The predicted molar refractivity (Wildman–Crippen MR) is 123 cm³/mol. The van der Waals surface area contributed by atoms with Gasteiger partial charge >= 0.3 is 0 Å². The van der Waals surface area contributed by atoms with Crippen molar-refractivity contribution >= 4 is 40.0 Å². The van der Waals surface area contributed by atoms with Crippen LogP contribution < -0.4 is 20.1 Å². The number of sulfonamides is 1. The van der Waals surface area contributed by atoms with Crippen LogP contribution >= 0.6 is 24.0 Å². The van der Waals surface area contributed by atoms with E-state index >= 15 is 0 Å². The van der Waals surface area contributed by atoms with E-state index < -0.39 is 15.6 Å². The van der Waals surface area contributed by atoms with Crippen LogP contribution in [0.15, 0.2) is 23.2 Å². The molecule has 0 saturated carbocycles. The van der Waals surface area contributed by atoms with Gasteiger partial charge in [-0.2, -0.15) is 0 Å². The summed E-state index contributed by atoms with van der Waals surface area (Å²) < 4.78 is 30.8. The van der Waals surface area contributed by atoms with Gasteiger partial charge in [-0.15, -0.1) is 24.0 Å². The van der Waals surface area contributed by atoms with Gasteiger partial charge in [-0.25, -0.2) is 13.1 Å². The second-order valence-electron chi connectivity index (χ2n) is 6.93. The van der Waals surface area contributed by atoms with Crippen molar-refractivity contribution < 1.29 is 13.2 Å². The monoisotopic (exact) mass is 512 g/mol. The minimum absolute atomic E-state index is 0. The van der Waals surface area contributed by atoms with Crippen molar-refractivity contribution in [1.82, 2.24) is 15.4 Å². The van der Waals surface area contributed by atoms with Crippen LogP contribution in [0.2, 0.25) is 0 Å². The van der Waals surface area contributed by atoms with Crippen LogP contribution in [0.5, 0.6) is 5.75 Å². The first-order chi connectivity index (χ1) is 12.1. The molecular formula is C18H33IN4O3S. The number of hydrogen-bond acceptors (Lipinski definition) is 4. The maximum absolute atomic E-state index is 11.4. The minimum Gasteiger partial charge on any atom is -0.496 e. The fraction of sp³-hybridized carbons (Fsp3) is 0.611. The van der Waals surface area contributed by atoms with Crippen LogP contribution in [-0.4, -0.2) is 52.9 Å². The summed E-state index contributed by atoms with van der Waals surface area (Å²) in [5.41, 5.74) is 1.63. The number of benzene rings is 1.